The van der Waals surface area contributed by atoms with Crippen molar-refractivity contribution in [3.63, 3.8) is 0 Å². The van der Waals surface area contributed by atoms with Crippen molar-refractivity contribution in [2.75, 3.05) is 0 Å². The Morgan fingerprint density at radius 1 is 1.27 bits per heavy atom. The number of hydrogen-bond acceptors (Lipinski definition) is 2. The molecule has 1 aliphatic rings. The Bertz CT molecular complexity index is 383. The van der Waals surface area contributed by atoms with E-state index in [4.69, 9.17) is 12.2 Å². The Labute approximate surface area is 94.9 Å². The van der Waals surface area contributed by atoms with E-state index >= 15 is 0 Å². The van der Waals surface area contributed by atoms with Crippen molar-refractivity contribution in [2.24, 2.45) is 0 Å². The maximum atomic E-state index is 11.9. The molecule has 3 heteroatoms. The molecular weight excluding hydrogens is 206 g/mol. The molecular formula is C12H13NOS. The number of carbonyl (C=O) groups excluding carboxylic acids is 1. The van der Waals surface area contributed by atoms with Crippen molar-refractivity contribution in [3.8, 4) is 0 Å². The molecule has 1 unspecified atom stereocenters. The molecule has 0 N–H and O–H groups in total. The molecule has 0 bridgehead atoms. The van der Waals surface area contributed by atoms with Gasteiger partial charge in [0.1, 0.15) is 10.9 Å². The number of carbonyl (C=O) groups is 1. The first kappa shape index (κ1) is 10.3. The summed E-state index contributed by atoms with van der Waals surface area (Å²) < 4.78 is 0. The van der Waals surface area contributed by atoms with E-state index in [2.05, 4.69) is 0 Å². The maximum absolute atomic E-state index is 11.9. The zero-order chi connectivity index (χ0) is 11.0. The molecule has 2 nitrogen and oxygen atoms in total. The molecule has 0 aromatic heterocycles. The van der Waals surface area contributed by atoms with Gasteiger partial charge in [-0.15, -0.1) is 0 Å². The van der Waals surface area contributed by atoms with Gasteiger partial charge in [0.2, 0.25) is 5.91 Å². The van der Waals surface area contributed by atoms with E-state index in [1.165, 1.54) is 0 Å². The number of rotatable bonds is 2. The third kappa shape index (κ3) is 1.57. The largest absolute Gasteiger partial charge is 0.302 e. The van der Waals surface area contributed by atoms with Crippen LogP contribution in [-0.4, -0.2) is 21.8 Å². The zero-order valence-corrected chi connectivity index (χ0v) is 9.62. The van der Waals surface area contributed by atoms with Crippen LogP contribution in [0.5, 0.6) is 0 Å². The molecule has 1 aromatic carbocycles. The summed E-state index contributed by atoms with van der Waals surface area (Å²) in [6, 6.07) is 9.88. The molecule has 0 aliphatic carbocycles. The molecule has 1 heterocycles. The van der Waals surface area contributed by atoms with E-state index in [0.29, 0.717) is 0 Å². The first-order valence-electron chi connectivity index (χ1n) is 5.05. The molecule has 0 saturated carbocycles. The topological polar surface area (TPSA) is 20.3 Å². The standard InChI is InChI=1S/C12H13NOS/c1-8(2)13-11(14)10(12(13)15)9-6-4-3-5-7-9/h3-8,10H,1-2H3. The number of nitrogens with zero attached hydrogens (tertiary/aromatic N) is 1. The first-order chi connectivity index (χ1) is 7.13. The van der Waals surface area contributed by atoms with E-state index < -0.39 is 0 Å². The lowest BCUT2D eigenvalue weighted by Gasteiger charge is -2.42. The highest BCUT2D eigenvalue weighted by Gasteiger charge is 2.44. The van der Waals surface area contributed by atoms with Crippen LogP contribution in [0, 0.1) is 0 Å². The third-order valence-corrected chi connectivity index (χ3v) is 3.05. The van der Waals surface area contributed by atoms with Gasteiger partial charge in [-0.1, -0.05) is 42.5 Å². The fourth-order valence-corrected chi connectivity index (χ4v) is 2.40. The second-order valence-corrected chi connectivity index (χ2v) is 4.40. The summed E-state index contributed by atoms with van der Waals surface area (Å²) in [7, 11) is 0. The highest BCUT2D eigenvalue weighted by molar-refractivity contribution is 7.80. The second kappa shape index (κ2) is 3.74. The summed E-state index contributed by atoms with van der Waals surface area (Å²) in [5, 5.41) is 0. The molecule has 1 atom stereocenters. The molecule has 1 aliphatic heterocycles. The number of amides is 1. The lowest BCUT2D eigenvalue weighted by atomic mass is 9.89. The van der Waals surface area contributed by atoms with Crippen LogP contribution in [0.4, 0.5) is 0 Å². The number of likely N-dealkylation sites (tertiary alicyclic amines) is 1. The summed E-state index contributed by atoms with van der Waals surface area (Å²) in [6.45, 7) is 3.96. The lowest BCUT2D eigenvalue weighted by Crippen LogP contribution is -2.57. The van der Waals surface area contributed by atoms with Crippen LogP contribution in [0.25, 0.3) is 0 Å². The van der Waals surface area contributed by atoms with Crippen LogP contribution in [0.2, 0.25) is 0 Å². The van der Waals surface area contributed by atoms with Crippen LogP contribution in [0.3, 0.4) is 0 Å². The molecule has 1 saturated heterocycles. The summed E-state index contributed by atoms with van der Waals surface area (Å²) >= 11 is 5.27. The smallest absolute Gasteiger partial charge is 0.242 e. The number of hydrogen-bond donors (Lipinski definition) is 0. The van der Waals surface area contributed by atoms with Crippen molar-refractivity contribution in [1.82, 2.24) is 4.90 Å². The van der Waals surface area contributed by atoms with Crippen molar-refractivity contribution < 1.29 is 4.79 Å². The van der Waals surface area contributed by atoms with Gasteiger partial charge in [0.25, 0.3) is 0 Å². The average molecular weight is 219 g/mol. The molecule has 15 heavy (non-hydrogen) atoms. The molecule has 0 spiro atoms. The summed E-state index contributed by atoms with van der Waals surface area (Å²) in [5.41, 5.74) is 1.00. The summed E-state index contributed by atoms with van der Waals surface area (Å²) in [6.07, 6.45) is 0. The monoisotopic (exact) mass is 219 g/mol. The van der Waals surface area contributed by atoms with E-state index in [9.17, 15) is 4.79 Å². The Morgan fingerprint density at radius 3 is 2.33 bits per heavy atom. The van der Waals surface area contributed by atoms with Gasteiger partial charge in [-0.3, -0.25) is 4.79 Å². The summed E-state index contributed by atoms with van der Waals surface area (Å²) in [5.74, 6) is -0.0650. The van der Waals surface area contributed by atoms with Gasteiger partial charge in [0.05, 0.1) is 0 Å². The highest BCUT2D eigenvalue weighted by atomic mass is 32.1. The van der Waals surface area contributed by atoms with Crippen LogP contribution in [0.1, 0.15) is 25.3 Å². The van der Waals surface area contributed by atoms with Gasteiger partial charge in [0, 0.05) is 6.04 Å². The van der Waals surface area contributed by atoms with Crippen LogP contribution >= 0.6 is 12.2 Å². The fourth-order valence-electron chi connectivity index (χ4n) is 1.87. The van der Waals surface area contributed by atoms with Crippen molar-refractivity contribution in [1.29, 1.82) is 0 Å². The Morgan fingerprint density at radius 2 is 1.87 bits per heavy atom. The highest BCUT2D eigenvalue weighted by Crippen LogP contribution is 2.32. The van der Waals surface area contributed by atoms with E-state index in [0.717, 1.165) is 10.6 Å². The van der Waals surface area contributed by atoms with E-state index in [1.807, 2.05) is 44.2 Å². The SMILES string of the molecule is CC(C)N1C(=O)C(c2ccccc2)C1=S. The van der Waals surface area contributed by atoms with E-state index in [1.54, 1.807) is 4.90 Å². The summed E-state index contributed by atoms with van der Waals surface area (Å²) in [4.78, 5) is 14.3. The molecule has 2 rings (SSSR count). The molecule has 1 amide bonds. The van der Waals surface area contributed by atoms with Crippen LogP contribution in [0.15, 0.2) is 30.3 Å². The molecule has 0 radical (unpaired) electrons. The average Bonchev–Trinajstić information content (AvgIpc) is 2.18. The van der Waals surface area contributed by atoms with Gasteiger partial charge in [0.15, 0.2) is 0 Å². The Hall–Kier alpha value is -1.22. The quantitative estimate of drug-likeness (QED) is 0.562. The molecule has 1 fully saturated rings. The minimum atomic E-state index is -0.191. The first-order valence-corrected chi connectivity index (χ1v) is 5.45. The third-order valence-electron chi connectivity index (χ3n) is 2.62. The second-order valence-electron chi connectivity index (χ2n) is 3.98. The van der Waals surface area contributed by atoms with E-state index in [-0.39, 0.29) is 17.9 Å². The maximum Gasteiger partial charge on any atom is 0.242 e. The van der Waals surface area contributed by atoms with Crippen LogP contribution < -0.4 is 0 Å². The predicted octanol–water partition coefficient (Wildman–Crippen LogP) is 2.35. The molecule has 78 valence electrons. The zero-order valence-electron chi connectivity index (χ0n) is 8.81. The van der Waals surface area contributed by atoms with Crippen molar-refractivity contribution >= 4 is 23.1 Å². The van der Waals surface area contributed by atoms with Gasteiger partial charge < -0.3 is 4.90 Å². The fraction of sp³-hybridized carbons (Fsp3) is 0.333. The molecule has 1 aromatic rings. The normalized spacial score (nSPS) is 20.7. The predicted molar refractivity (Wildman–Crippen MR) is 63.8 cm³/mol. The lowest BCUT2D eigenvalue weighted by molar-refractivity contribution is -0.133. The van der Waals surface area contributed by atoms with Crippen LogP contribution in [-0.2, 0) is 4.79 Å². The van der Waals surface area contributed by atoms with Crippen molar-refractivity contribution in [2.45, 2.75) is 25.8 Å². The minimum absolute atomic E-state index is 0.126. The minimum Gasteiger partial charge on any atom is -0.302 e. The number of benzene rings is 1. The Balaban J connectivity index is 2.23. The van der Waals surface area contributed by atoms with Gasteiger partial charge in [-0.05, 0) is 19.4 Å². The number of thiocarbonyl (C=S) groups is 1. The Kier molecular flexibility index (Phi) is 2.57. The van der Waals surface area contributed by atoms with Gasteiger partial charge >= 0.3 is 0 Å². The van der Waals surface area contributed by atoms with Crippen molar-refractivity contribution in [3.05, 3.63) is 35.9 Å². The number of β-lactam (4-membered cyclic amide) rings is 1. The van der Waals surface area contributed by atoms with Gasteiger partial charge in [-0.2, -0.15) is 0 Å². The van der Waals surface area contributed by atoms with Gasteiger partial charge in [-0.25, -0.2) is 0 Å².